The van der Waals surface area contributed by atoms with Gasteiger partial charge in [-0.15, -0.1) is 0 Å². The second kappa shape index (κ2) is 13.5. The first-order valence-corrected chi connectivity index (χ1v) is 17.6. The highest BCUT2D eigenvalue weighted by atomic mass is 32.2. The van der Waals surface area contributed by atoms with E-state index in [9.17, 15) is 4.79 Å². The average Bonchev–Trinajstić information content (AvgIpc) is 3.74. The summed E-state index contributed by atoms with van der Waals surface area (Å²) in [6.07, 6.45) is 9.18. The van der Waals surface area contributed by atoms with Crippen LogP contribution in [0.4, 0.5) is 11.8 Å². The number of benzene rings is 2. The third-order valence-corrected chi connectivity index (χ3v) is 10.4. The summed E-state index contributed by atoms with van der Waals surface area (Å²) in [6, 6.07) is 16.2. The molecule has 2 aromatic carbocycles. The molecule has 47 heavy (non-hydrogen) atoms. The molecule has 2 fully saturated rings. The number of carbonyl (C=O) groups is 1. The minimum Gasteiger partial charge on any atom is -0.475 e. The summed E-state index contributed by atoms with van der Waals surface area (Å²) in [5.74, 6) is 2.90. The molecule has 9 nitrogen and oxygen atoms in total. The van der Waals surface area contributed by atoms with E-state index in [0.717, 1.165) is 64.6 Å². The Balaban J connectivity index is 1.26. The summed E-state index contributed by atoms with van der Waals surface area (Å²) in [5, 5.41) is 0. The van der Waals surface area contributed by atoms with Crippen LogP contribution in [0.3, 0.4) is 0 Å². The second-order valence-electron chi connectivity index (χ2n) is 13.5. The van der Waals surface area contributed by atoms with Gasteiger partial charge in [0, 0.05) is 34.7 Å². The molecular formula is C37H43N7O2S. The number of nitrogens with zero attached hydrogens (tertiary/aromatic N) is 6. The zero-order valence-corrected chi connectivity index (χ0v) is 28.5. The van der Waals surface area contributed by atoms with Crippen LogP contribution >= 0.6 is 11.9 Å². The molecule has 2 aliphatic heterocycles. The largest absolute Gasteiger partial charge is 0.475 e. The van der Waals surface area contributed by atoms with Gasteiger partial charge < -0.3 is 14.5 Å². The van der Waals surface area contributed by atoms with E-state index >= 15 is 0 Å². The zero-order chi connectivity index (χ0) is 32.5. The lowest BCUT2D eigenvalue weighted by atomic mass is 10.00. The van der Waals surface area contributed by atoms with Crippen molar-refractivity contribution in [2.45, 2.75) is 83.3 Å². The van der Waals surface area contributed by atoms with Crippen LogP contribution in [0.5, 0.6) is 5.88 Å². The standard InChI is InChI=1S/C37H43N7O2S/c1-23(2)32-12-7-15-43(32)33-20-38-19-28(39-33)21-44-29(16-26-13-14-26)22-46-34-18-31(35-24(3)8-5-9-25(35)4)40-37(41-34)42-47-30-11-6-10-27(17-30)36(44)45/h5-6,8-11,17-20,23,26,29,32H,7,12-16,21-22H2,1-4H3,(H,40,41,42)/t29-,32-/m1/s1. The van der Waals surface area contributed by atoms with Gasteiger partial charge in [-0.3, -0.25) is 14.5 Å². The quantitative estimate of drug-likeness (QED) is 0.204. The molecule has 10 heteroatoms. The number of carbonyl (C=O) groups excluding carboxylic acids is 1. The summed E-state index contributed by atoms with van der Waals surface area (Å²) in [6.45, 7) is 10.4. The summed E-state index contributed by atoms with van der Waals surface area (Å²) in [5.41, 5.74) is 5.56. The Labute approximate surface area is 281 Å². The Morgan fingerprint density at radius 3 is 2.60 bits per heavy atom. The van der Waals surface area contributed by atoms with E-state index < -0.39 is 0 Å². The molecule has 0 spiro atoms. The van der Waals surface area contributed by atoms with E-state index in [-0.39, 0.29) is 11.9 Å². The van der Waals surface area contributed by atoms with E-state index in [1.165, 1.54) is 24.8 Å². The van der Waals surface area contributed by atoms with Crippen molar-refractivity contribution in [1.82, 2.24) is 24.8 Å². The van der Waals surface area contributed by atoms with Crippen molar-refractivity contribution in [3.63, 3.8) is 0 Å². The highest BCUT2D eigenvalue weighted by molar-refractivity contribution is 8.00. The van der Waals surface area contributed by atoms with Crippen molar-refractivity contribution in [3.8, 4) is 17.1 Å². The molecular weight excluding hydrogens is 607 g/mol. The summed E-state index contributed by atoms with van der Waals surface area (Å²) >= 11 is 1.38. The number of hydrogen-bond donors (Lipinski definition) is 1. The normalized spacial score (nSPS) is 19.9. The number of amides is 1. The average molecular weight is 650 g/mol. The lowest BCUT2D eigenvalue weighted by molar-refractivity contribution is 0.0561. The van der Waals surface area contributed by atoms with E-state index in [4.69, 9.17) is 19.7 Å². The monoisotopic (exact) mass is 649 g/mol. The van der Waals surface area contributed by atoms with Crippen LogP contribution in [-0.2, 0) is 6.54 Å². The molecule has 1 aliphatic carbocycles. The highest BCUT2D eigenvalue weighted by Gasteiger charge is 2.34. The molecule has 244 valence electrons. The Hall–Kier alpha value is -4.18. The zero-order valence-electron chi connectivity index (χ0n) is 27.6. The van der Waals surface area contributed by atoms with Crippen molar-refractivity contribution in [2.75, 3.05) is 22.8 Å². The Kier molecular flexibility index (Phi) is 9.03. The van der Waals surface area contributed by atoms with Crippen molar-refractivity contribution < 1.29 is 9.53 Å². The number of hydrogen-bond acceptors (Lipinski definition) is 9. The van der Waals surface area contributed by atoms with Gasteiger partial charge >= 0.3 is 0 Å². The highest BCUT2D eigenvalue weighted by Crippen LogP contribution is 2.37. The van der Waals surface area contributed by atoms with Gasteiger partial charge in [0.2, 0.25) is 11.8 Å². The second-order valence-corrected chi connectivity index (χ2v) is 14.4. The molecule has 1 amide bonds. The van der Waals surface area contributed by atoms with Crippen LogP contribution in [0.1, 0.15) is 73.1 Å². The van der Waals surface area contributed by atoms with E-state index in [1.54, 1.807) is 6.20 Å². The van der Waals surface area contributed by atoms with Crippen LogP contribution in [0.15, 0.2) is 65.8 Å². The maximum absolute atomic E-state index is 14.5. The maximum atomic E-state index is 14.5. The van der Waals surface area contributed by atoms with Gasteiger partial charge in [0.1, 0.15) is 12.4 Å². The molecule has 4 aromatic rings. The maximum Gasteiger partial charge on any atom is 0.254 e. The molecule has 3 aliphatic rings. The fourth-order valence-electron chi connectivity index (χ4n) is 6.98. The molecule has 0 radical (unpaired) electrons. The minimum atomic E-state index is -0.178. The van der Waals surface area contributed by atoms with Gasteiger partial charge in [-0.1, -0.05) is 51.0 Å². The van der Waals surface area contributed by atoms with Gasteiger partial charge in [0.05, 0.1) is 36.4 Å². The van der Waals surface area contributed by atoms with E-state index in [2.05, 4.69) is 60.5 Å². The third kappa shape index (κ3) is 7.07. The van der Waals surface area contributed by atoms with Crippen LogP contribution in [0, 0.1) is 25.7 Å². The number of anilines is 2. The smallest absolute Gasteiger partial charge is 0.254 e. The SMILES string of the molecule is Cc1cccc(C)c1-c1cc2nc(n1)NSc1cccc(c1)C(=O)N(Cc1cncc(N3CCC[C@@H]3C(C)C)n1)[C@H](CC1CC1)CO2. The van der Waals surface area contributed by atoms with Crippen LogP contribution in [0.25, 0.3) is 11.3 Å². The fourth-order valence-corrected chi connectivity index (χ4v) is 7.61. The van der Waals surface area contributed by atoms with Crippen LogP contribution in [-0.4, -0.2) is 56.0 Å². The Morgan fingerprint density at radius 1 is 1.00 bits per heavy atom. The van der Waals surface area contributed by atoms with E-state index in [0.29, 0.717) is 48.4 Å². The topological polar surface area (TPSA) is 96.4 Å². The molecule has 7 rings (SSSR count). The van der Waals surface area contributed by atoms with Gasteiger partial charge in [0.25, 0.3) is 5.91 Å². The predicted molar refractivity (Wildman–Crippen MR) is 187 cm³/mol. The molecule has 4 bridgehead atoms. The summed E-state index contributed by atoms with van der Waals surface area (Å²) < 4.78 is 9.84. The number of rotatable bonds is 7. The summed E-state index contributed by atoms with van der Waals surface area (Å²) in [4.78, 5) is 39.1. The first-order valence-electron chi connectivity index (χ1n) is 16.8. The van der Waals surface area contributed by atoms with Crippen LogP contribution in [0.2, 0.25) is 0 Å². The lowest BCUT2D eigenvalue weighted by Gasteiger charge is -2.32. The van der Waals surface area contributed by atoms with Gasteiger partial charge in [0.15, 0.2) is 0 Å². The lowest BCUT2D eigenvalue weighted by Crippen LogP contribution is -2.44. The Bertz CT molecular complexity index is 1740. The number of aromatic nitrogens is 4. The van der Waals surface area contributed by atoms with Gasteiger partial charge in [-0.2, -0.15) is 4.98 Å². The molecule has 4 heterocycles. The van der Waals surface area contributed by atoms with Crippen LogP contribution < -0.4 is 14.4 Å². The van der Waals surface area contributed by atoms with Gasteiger partial charge in [-0.05, 0) is 86.2 Å². The van der Waals surface area contributed by atoms with Crippen molar-refractivity contribution in [3.05, 3.63) is 83.3 Å². The fraction of sp³-hybridized carbons (Fsp3) is 0.432. The first-order chi connectivity index (χ1) is 22.8. The Morgan fingerprint density at radius 2 is 1.81 bits per heavy atom. The van der Waals surface area contributed by atoms with Crippen molar-refractivity contribution in [2.24, 2.45) is 11.8 Å². The van der Waals surface area contributed by atoms with Gasteiger partial charge in [-0.25, -0.2) is 9.97 Å². The number of nitrogens with one attached hydrogen (secondary N) is 1. The number of fused-ring (bicyclic) bond motifs is 4. The molecule has 1 saturated carbocycles. The van der Waals surface area contributed by atoms with E-state index in [1.807, 2.05) is 41.4 Å². The first kappa shape index (κ1) is 31.4. The number of aryl methyl sites for hydroxylation is 2. The van der Waals surface area contributed by atoms with Crippen molar-refractivity contribution in [1.29, 1.82) is 0 Å². The summed E-state index contributed by atoms with van der Waals surface area (Å²) in [7, 11) is 0. The molecule has 1 N–H and O–H groups in total. The van der Waals surface area contributed by atoms with Crippen molar-refractivity contribution >= 4 is 29.6 Å². The molecule has 1 saturated heterocycles. The predicted octanol–water partition coefficient (Wildman–Crippen LogP) is 7.50. The third-order valence-electron chi connectivity index (χ3n) is 9.58. The minimum absolute atomic E-state index is 0.0385. The number of ether oxygens (including phenoxy) is 1. The molecule has 2 atom stereocenters. The molecule has 0 unspecified atom stereocenters. The molecule has 2 aromatic heterocycles.